The lowest BCUT2D eigenvalue weighted by Gasteiger charge is -2.20. The molecule has 1 N–H and O–H groups in total. The minimum atomic E-state index is -4.60. The van der Waals surface area contributed by atoms with E-state index in [1.54, 1.807) is 24.5 Å². The Kier molecular flexibility index (Phi) is 6.64. The van der Waals surface area contributed by atoms with E-state index in [0.717, 1.165) is 0 Å². The van der Waals surface area contributed by atoms with Crippen LogP contribution in [0.2, 0.25) is 0 Å². The van der Waals surface area contributed by atoms with Gasteiger partial charge in [0.1, 0.15) is 6.61 Å². The molecule has 1 heterocycles. The summed E-state index contributed by atoms with van der Waals surface area (Å²) in [5.41, 5.74) is 0.590. The molecule has 8 heteroatoms. The van der Waals surface area contributed by atoms with E-state index in [-0.39, 0.29) is 30.6 Å². The van der Waals surface area contributed by atoms with Gasteiger partial charge in [-0.15, -0.1) is 0 Å². The fraction of sp³-hybridized carbons (Fsp3) is 0.444. The molecule has 0 aliphatic rings. The summed E-state index contributed by atoms with van der Waals surface area (Å²) in [4.78, 5) is 2.72. The van der Waals surface area contributed by atoms with Gasteiger partial charge < -0.3 is 28.7 Å². The lowest BCUT2D eigenvalue weighted by atomic mass is 10.3. The number of alkyl halides is 5. The van der Waals surface area contributed by atoms with Gasteiger partial charge in [-0.05, 0) is 17.2 Å². The maximum Gasteiger partial charge on any atom is 0.386 e. The van der Waals surface area contributed by atoms with E-state index in [4.69, 9.17) is 0 Å². The highest BCUT2D eigenvalue weighted by molar-refractivity contribution is 6.22. The number of ether oxygens (including phenoxy) is 1. The third kappa shape index (κ3) is 5.35. The number of aromatic amines is 1. The lowest BCUT2D eigenvalue weighted by Crippen LogP contribution is -3.00. The van der Waals surface area contributed by atoms with Crippen molar-refractivity contribution in [3.8, 4) is 0 Å². The number of H-pyrrole nitrogens is 1. The van der Waals surface area contributed by atoms with Gasteiger partial charge in [-0.2, -0.15) is 17.6 Å². The van der Waals surface area contributed by atoms with Crippen LogP contribution in [0.25, 0.3) is 0 Å². The summed E-state index contributed by atoms with van der Waals surface area (Å²) in [6.45, 7) is -1.61. The van der Waals surface area contributed by atoms with Crippen molar-refractivity contribution in [3.63, 3.8) is 0 Å². The normalized spacial score (nSPS) is 12.1. The predicted molar refractivity (Wildman–Crippen MR) is 48.4 cm³/mol. The second-order valence-electron chi connectivity index (χ2n) is 3.10. The van der Waals surface area contributed by atoms with Crippen LogP contribution in [0, 0.1) is 0 Å². The number of nitrogens with one attached hydrogen (secondary N) is 1. The van der Waals surface area contributed by atoms with E-state index in [9.17, 15) is 17.6 Å². The molecule has 0 radical (unpaired) electrons. The molecule has 1 aromatic heterocycles. The van der Waals surface area contributed by atoms with Crippen LogP contribution >= 0.6 is 11.6 Å². The zero-order chi connectivity index (χ0) is 12.2. The summed E-state index contributed by atoms with van der Waals surface area (Å²) in [5.74, 6) is -4.38. The second-order valence-corrected chi connectivity index (χ2v) is 3.58. The summed E-state index contributed by atoms with van der Waals surface area (Å²) in [6, 6.07) is 3.16. The number of pyridine rings is 1. The third-order valence-electron chi connectivity index (χ3n) is 1.75. The first kappa shape index (κ1) is 16.9. The van der Waals surface area contributed by atoms with Gasteiger partial charge in [0.2, 0.25) is 0 Å². The quantitative estimate of drug-likeness (QED) is 0.380. The van der Waals surface area contributed by atoms with Crippen molar-refractivity contribution in [2.24, 2.45) is 0 Å². The zero-order valence-corrected chi connectivity index (χ0v) is 11.3. The molecule has 2 nitrogen and oxygen atoms in total. The van der Waals surface area contributed by atoms with E-state index >= 15 is 0 Å². The Bertz CT molecular complexity index is 334. The molecule has 0 aliphatic heterocycles. The van der Waals surface area contributed by atoms with Gasteiger partial charge in [-0.1, -0.05) is 0 Å². The molecule has 0 saturated carbocycles. The van der Waals surface area contributed by atoms with Crippen LogP contribution in [0.5, 0.6) is 0 Å². The first-order chi connectivity index (χ1) is 7.33. The monoisotopic (exact) mass is 385 g/mol. The standard InChI is InChI=1S/C9H8ClF4NO.HI/c10-9(13,14)8(11,12)6-16-5-7-1-3-15-4-2-7;/h1-4H,5-6H2;1H. The highest BCUT2D eigenvalue weighted by atomic mass is 127. The number of rotatable bonds is 5. The molecular formula is C9H9ClF4INO. The topological polar surface area (TPSA) is 23.4 Å². The SMILES string of the molecule is FC(F)(Cl)C(F)(F)COCc1cc[nH+]cc1.[I-]. The van der Waals surface area contributed by atoms with Crippen LogP contribution in [0.15, 0.2) is 24.5 Å². The summed E-state index contributed by atoms with van der Waals surface area (Å²) in [5, 5.41) is -4.60. The Balaban J connectivity index is 0.00000256. The summed E-state index contributed by atoms with van der Waals surface area (Å²) >= 11 is 4.24. The number of hydrogen-bond donors (Lipinski definition) is 0. The molecule has 98 valence electrons. The molecule has 0 bridgehead atoms. The first-order valence-electron chi connectivity index (χ1n) is 4.30. The average Bonchev–Trinajstić information content (AvgIpc) is 2.17. The van der Waals surface area contributed by atoms with Gasteiger partial charge in [0.25, 0.3) is 0 Å². The summed E-state index contributed by atoms with van der Waals surface area (Å²) < 4.78 is 54.0. The molecule has 0 aromatic carbocycles. The van der Waals surface area contributed by atoms with E-state index < -0.39 is 17.9 Å². The number of hydrogen-bond acceptors (Lipinski definition) is 1. The molecule has 0 saturated heterocycles. The molecule has 0 spiro atoms. The van der Waals surface area contributed by atoms with Gasteiger partial charge in [-0.3, -0.25) is 0 Å². The molecule has 1 rings (SSSR count). The van der Waals surface area contributed by atoms with Crippen LogP contribution in [0.3, 0.4) is 0 Å². The second kappa shape index (κ2) is 6.69. The highest BCUT2D eigenvalue weighted by Crippen LogP contribution is 2.37. The van der Waals surface area contributed by atoms with Crippen molar-refractivity contribution in [1.29, 1.82) is 0 Å². The minimum absolute atomic E-state index is 0. The van der Waals surface area contributed by atoms with Crippen molar-refractivity contribution >= 4 is 11.6 Å². The van der Waals surface area contributed by atoms with E-state index in [1.807, 2.05) is 0 Å². The predicted octanol–water partition coefficient (Wildman–Crippen LogP) is -0.512. The van der Waals surface area contributed by atoms with Crippen molar-refractivity contribution in [2.75, 3.05) is 6.61 Å². The summed E-state index contributed by atoms with van der Waals surface area (Å²) in [7, 11) is 0. The van der Waals surface area contributed by atoms with Gasteiger partial charge in [0.15, 0.2) is 12.4 Å². The Morgan fingerprint density at radius 3 is 2.18 bits per heavy atom. The van der Waals surface area contributed by atoms with Crippen molar-refractivity contribution in [3.05, 3.63) is 30.1 Å². The Hall–Kier alpha value is -0.150. The third-order valence-corrected chi connectivity index (χ3v) is 2.03. The number of aromatic nitrogens is 1. The number of halogens is 6. The van der Waals surface area contributed by atoms with Gasteiger partial charge in [0.05, 0.1) is 6.61 Å². The van der Waals surface area contributed by atoms with E-state index in [2.05, 4.69) is 21.3 Å². The van der Waals surface area contributed by atoms with Crippen molar-refractivity contribution in [2.45, 2.75) is 17.9 Å². The Labute approximate surface area is 117 Å². The van der Waals surface area contributed by atoms with Gasteiger partial charge in [0, 0.05) is 12.1 Å². The van der Waals surface area contributed by atoms with E-state index in [0.29, 0.717) is 5.56 Å². The van der Waals surface area contributed by atoms with E-state index in [1.165, 1.54) is 0 Å². The average molecular weight is 386 g/mol. The molecule has 0 amide bonds. The smallest absolute Gasteiger partial charge is 0.386 e. The zero-order valence-electron chi connectivity index (χ0n) is 8.40. The molecule has 0 unspecified atom stereocenters. The van der Waals surface area contributed by atoms with Gasteiger partial charge >= 0.3 is 11.3 Å². The van der Waals surface area contributed by atoms with Crippen molar-refractivity contribution < 1.29 is 51.3 Å². The highest BCUT2D eigenvalue weighted by Gasteiger charge is 2.55. The molecule has 0 aliphatic carbocycles. The maximum absolute atomic E-state index is 12.6. The maximum atomic E-state index is 12.6. The Morgan fingerprint density at radius 2 is 1.71 bits per heavy atom. The first-order valence-corrected chi connectivity index (χ1v) is 4.68. The van der Waals surface area contributed by atoms with Crippen LogP contribution in [0.4, 0.5) is 17.6 Å². The lowest BCUT2D eigenvalue weighted by molar-refractivity contribution is -0.378. The largest absolute Gasteiger partial charge is 1.00 e. The fourth-order valence-electron chi connectivity index (χ4n) is 0.897. The van der Waals surface area contributed by atoms with Crippen LogP contribution in [0.1, 0.15) is 5.56 Å². The Morgan fingerprint density at radius 1 is 1.18 bits per heavy atom. The minimum Gasteiger partial charge on any atom is -1.00 e. The fourth-order valence-corrected chi connectivity index (χ4v) is 0.951. The summed E-state index contributed by atoms with van der Waals surface area (Å²) in [6.07, 6.45) is 3.12. The van der Waals surface area contributed by atoms with Crippen LogP contribution in [-0.2, 0) is 11.3 Å². The molecule has 0 atom stereocenters. The molecular weight excluding hydrogens is 376 g/mol. The molecule has 17 heavy (non-hydrogen) atoms. The molecule has 0 fully saturated rings. The van der Waals surface area contributed by atoms with Crippen molar-refractivity contribution in [1.82, 2.24) is 0 Å². The van der Waals surface area contributed by atoms with Crippen LogP contribution < -0.4 is 29.0 Å². The van der Waals surface area contributed by atoms with Crippen LogP contribution in [-0.4, -0.2) is 17.9 Å². The van der Waals surface area contributed by atoms with Gasteiger partial charge in [-0.25, -0.2) is 4.98 Å². The molecule has 1 aromatic rings.